The third-order valence-corrected chi connectivity index (χ3v) is 6.45. The lowest BCUT2D eigenvalue weighted by molar-refractivity contribution is 0.0930. The summed E-state index contributed by atoms with van der Waals surface area (Å²) in [6, 6.07) is 6.36. The Labute approximate surface area is 153 Å². The van der Waals surface area contributed by atoms with E-state index in [0.717, 1.165) is 25.1 Å². The van der Waals surface area contributed by atoms with Gasteiger partial charge in [0.25, 0.3) is 5.91 Å². The van der Waals surface area contributed by atoms with E-state index in [1.54, 1.807) is 29.8 Å². The van der Waals surface area contributed by atoms with Crippen LogP contribution >= 0.6 is 0 Å². The SMILES string of the molecule is CCS(=O)(=O)c1ccccc1C(=O)NC1CCCN(c2cnn(C)c2)C1. The Morgan fingerprint density at radius 3 is 2.81 bits per heavy atom. The van der Waals surface area contributed by atoms with E-state index < -0.39 is 9.84 Å². The molecule has 1 unspecified atom stereocenters. The summed E-state index contributed by atoms with van der Waals surface area (Å²) in [5, 5.41) is 7.20. The van der Waals surface area contributed by atoms with E-state index in [0.29, 0.717) is 6.54 Å². The smallest absolute Gasteiger partial charge is 0.252 e. The molecule has 1 amide bonds. The van der Waals surface area contributed by atoms with E-state index in [4.69, 9.17) is 0 Å². The predicted molar refractivity (Wildman–Crippen MR) is 100 cm³/mol. The lowest BCUT2D eigenvalue weighted by Crippen LogP contribution is -2.48. The van der Waals surface area contributed by atoms with Gasteiger partial charge in [-0.15, -0.1) is 0 Å². The molecule has 1 atom stereocenters. The van der Waals surface area contributed by atoms with Gasteiger partial charge in [0, 0.05) is 32.4 Å². The second-order valence-corrected chi connectivity index (χ2v) is 8.78. The summed E-state index contributed by atoms with van der Waals surface area (Å²) in [6.45, 7) is 3.18. The average Bonchev–Trinajstić information content (AvgIpc) is 3.08. The molecule has 2 heterocycles. The van der Waals surface area contributed by atoms with Crippen molar-refractivity contribution < 1.29 is 13.2 Å². The van der Waals surface area contributed by atoms with Crippen LogP contribution in [0.15, 0.2) is 41.6 Å². The van der Waals surface area contributed by atoms with Gasteiger partial charge in [-0.2, -0.15) is 5.10 Å². The quantitative estimate of drug-likeness (QED) is 0.857. The van der Waals surface area contributed by atoms with Crippen molar-refractivity contribution in [3.8, 4) is 0 Å². The Bertz CT molecular complexity index is 891. The van der Waals surface area contributed by atoms with Crippen LogP contribution in [0.3, 0.4) is 0 Å². The molecule has 0 saturated carbocycles. The van der Waals surface area contributed by atoms with Crippen LogP contribution in [0, 0.1) is 0 Å². The summed E-state index contributed by atoms with van der Waals surface area (Å²) in [5.74, 6) is -0.370. The maximum absolute atomic E-state index is 12.7. The molecule has 1 N–H and O–H groups in total. The molecule has 0 aliphatic carbocycles. The number of carbonyl (C=O) groups excluding carboxylic acids is 1. The van der Waals surface area contributed by atoms with Crippen molar-refractivity contribution in [1.82, 2.24) is 15.1 Å². The first-order chi connectivity index (χ1) is 12.4. The van der Waals surface area contributed by atoms with Crippen LogP contribution in [-0.4, -0.2) is 49.0 Å². The van der Waals surface area contributed by atoms with Gasteiger partial charge < -0.3 is 10.2 Å². The third-order valence-electron chi connectivity index (χ3n) is 4.66. The van der Waals surface area contributed by atoms with Crippen LogP contribution in [0.5, 0.6) is 0 Å². The number of hydrogen-bond acceptors (Lipinski definition) is 5. The lowest BCUT2D eigenvalue weighted by Gasteiger charge is -2.33. The summed E-state index contributed by atoms with van der Waals surface area (Å²) < 4.78 is 26.3. The van der Waals surface area contributed by atoms with Gasteiger partial charge >= 0.3 is 0 Å². The Kier molecular flexibility index (Phi) is 5.31. The highest BCUT2D eigenvalue weighted by Crippen LogP contribution is 2.21. The molecule has 0 radical (unpaired) electrons. The highest BCUT2D eigenvalue weighted by atomic mass is 32.2. The zero-order valence-electron chi connectivity index (χ0n) is 15.1. The van der Waals surface area contributed by atoms with Crippen LogP contribution < -0.4 is 10.2 Å². The molecule has 7 nitrogen and oxygen atoms in total. The van der Waals surface area contributed by atoms with Gasteiger partial charge in [0.05, 0.1) is 28.1 Å². The van der Waals surface area contributed by atoms with Crippen molar-refractivity contribution in [2.75, 3.05) is 23.7 Å². The van der Waals surface area contributed by atoms with E-state index >= 15 is 0 Å². The number of aryl methyl sites for hydroxylation is 1. The molecule has 1 aromatic carbocycles. The van der Waals surface area contributed by atoms with E-state index in [2.05, 4.69) is 15.3 Å². The molecule has 1 saturated heterocycles. The number of anilines is 1. The van der Waals surface area contributed by atoms with Crippen molar-refractivity contribution in [3.05, 3.63) is 42.2 Å². The Hall–Kier alpha value is -2.35. The first-order valence-electron chi connectivity index (χ1n) is 8.77. The zero-order chi connectivity index (χ0) is 18.7. The molecule has 0 bridgehead atoms. The van der Waals surface area contributed by atoms with Gasteiger partial charge in [-0.3, -0.25) is 9.48 Å². The number of nitrogens with zero attached hydrogens (tertiary/aromatic N) is 3. The summed E-state index contributed by atoms with van der Waals surface area (Å²) >= 11 is 0. The minimum atomic E-state index is -3.45. The highest BCUT2D eigenvalue weighted by Gasteiger charge is 2.25. The molecule has 1 aromatic heterocycles. The van der Waals surface area contributed by atoms with E-state index in [9.17, 15) is 13.2 Å². The largest absolute Gasteiger partial charge is 0.367 e. The highest BCUT2D eigenvalue weighted by molar-refractivity contribution is 7.91. The zero-order valence-corrected chi connectivity index (χ0v) is 15.9. The molecular formula is C18H24N4O3S. The molecule has 1 fully saturated rings. The molecule has 2 aromatic rings. The van der Waals surface area contributed by atoms with Gasteiger partial charge in [-0.25, -0.2) is 8.42 Å². The normalized spacial score (nSPS) is 17.9. The second kappa shape index (κ2) is 7.49. The van der Waals surface area contributed by atoms with Gasteiger partial charge in [0.2, 0.25) is 0 Å². The van der Waals surface area contributed by atoms with Crippen molar-refractivity contribution in [1.29, 1.82) is 0 Å². The van der Waals surface area contributed by atoms with E-state index in [-0.39, 0.29) is 28.2 Å². The molecule has 26 heavy (non-hydrogen) atoms. The Balaban J connectivity index is 1.74. The number of piperidine rings is 1. The molecule has 3 rings (SSSR count). The summed E-state index contributed by atoms with van der Waals surface area (Å²) in [5.41, 5.74) is 1.24. The fourth-order valence-electron chi connectivity index (χ4n) is 3.25. The van der Waals surface area contributed by atoms with Crippen LogP contribution in [0.1, 0.15) is 30.1 Å². The van der Waals surface area contributed by atoms with E-state index in [1.165, 1.54) is 6.07 Å². The van der Waals surface area contributed by atoms with Crippen LogP contribution in [0.4, 0.5) is 5.69 Å². The summed E-state index contributed by atoms with van der Waals surface area (Å²) in [7, 11) is -1.58. The number of aromatic nitrogens is 2. The van der Waals surface area contributed by atoms with Crippen LogP contribution in [0.2, 0.25) is 0 Å². The Morgan fingerprint density at radius 2 is 2.12 bits per heavy atom. The maximum Gasteiger partial charge on any atom is 0.252 e. The molecule has 1 aliphatic heterocycles. The number of amides is 1. The standard InChI is InChI=1S/C18H24N4O3S/c1-3-26(24,25)17-9-5-4-8-16(17)18(23)20-14-7-6-10-22(12-14)15-11-19-21(2)13-15/h4-5,8-9,11,13-14H,3,6-7,10,12H2,1-2H3,(H,20,23). The van der Waals surface area contributed by atoms with Gasteiger partial charge in [-0.1, -0.05) is 19.1 Å². The first-order valence-corrected chi connectivity index (χ1v) is 10.4. The van der Waals surface area contributed by atoms with Gasteiger partial charge in [0.1, 0.15) is 0 Å². The van der Waals surface area contributed by atoms with Gasteiger partial charge in [-0.05, 0) is 25.0 Å². The number of nitrogens with one attached hydrogen (secondary N) is 1. The minimum Gasteiger partial charge on any atom is -0.367 e. The molecule has 140 valence electrons. The fourth-order valence-corrected chi connectivity index (χ4v) is 4.34. The summed E-state index contributed by atoms with van der Waals surface area (Å²) in [4.78, 5) is 15.0. The maximum atomic E-state index is 12.7. The third kappa shape index (κ3) is 3.90. The Morgan fingerprint density at radius 1 is 1.35 bits per heavy atom. The fraction of sp³-hybridized carbons (Fsp3) is 0.444. The van der Waals surface area contributed by atoms with Gasteiger partial charge in [0.15, 0.2) is 9.84 Å². The second-order valence-electron chi connectivity index (χ2n) is 6.53. The predicted octanol–water partition coefficient (Wildman–Crippen LogP) is 1.61. The molecule has 1 aliphatic rings. The number of rotatable bonds is 5. The minimum absolute atomic E-state index is 0.0322. The summed E-state index contributed by atoms with van der Waals surface area (Å²) in [6.07, 6.45) is 5.58. The van der Waals surface area contributed by atoms with Crippen molar-refractivity contribution in [2.45, 2.75) is 30.7 Å². The van der Waals surface area contributed by atoms with Crippen LogP contribution in [0.25, 0.3) is 0 Å². The van der Waals surface area contributed by atoms with Crippen molar-refractivity contribution >= 4 is 21.4 Å². The van der Waals surface area contributed by atoms with Crippen LogP contribution in [-0.2, 0) is 16.9 Å². The van der Waals surface area contributed by atoms with Crippen molar-refractivity contribution in [2.24, 2.45) is 7.05 Å². The first kappa shape index (κ1) is 18.4. The number of hydrogen-bond donors (Lipinski definition) is 1. The number of benzene rings is 1. The van der Waals surface area contributed by atoms with Crippen molar-refractivity contribution in [3.63, 3.8) is 0 Å². The lowest BCUT2D eigenvalue weighted by atomic mass is 10.0. The molecule has 8 heteroatoms. The molecule has 0 spiro atoms. The van der Waals surface area contributed by atoms with E-state index in [1.807, 2.05) is 19.4 Å². The number of sulfone groups is 1. The average molecular weight is 376 g/mol. The monoisotopic (exact) mass is 376 g/mol. The number of carbonyl (C=O) groups is 1. The topological polar surface area (TPSA) is 84.3 Å². The molecular weight excluding hydrogens is 352 g/mol.